The average molecular weight is 428 g/mol. The van der Waals surface area contributed by atoms with Gasteiger partial charge in [-0.25, -0.2) is 0 Å². The van der Waals surface area contributed by atoms with Crippen molar-refractivity contribution >= 4 is 23.5 Å². The van der Waals surface area contributed by atoms with Crippen LogP contribution in [0.25, 0.3) is 0 Å². The van der Waals surface area contributed by atoms with Crippen LogP contribution < -0.4 is 10.1 Å². The third kappa shape index (κ3) is 6.84. The number of amides is 2. The van der Waals surface area contributed by atoms with Crippen LogP contribution in [0.4, 0.5) is 5.69 Å². The number of anilines is 1. The van der Waals surface area contributed by atoms with Crippen LogP contribution in [0.1, 0.15) is 26.2 Å². The predicted molar refractivity (Wildman–Crippen MR) is 113 cm³/mol. The molecular formula is C22H28N4O5. The van der Waals surface area contributed by atoms with E-state index < -0.39 is 0 Å². The van der Waals surface area contributed by atoms with Crippen LogP contribution in [0, 0.1) is 5.92 Å². The number of para-hydroxylation sites is 1. The Morgan fingerprint density at radius 2 is 2.03 bits per heavy atom. The van der Waals surface area contributed by atoms with E-state index in [4.69, 9.17) is 9.47 Å². The minimum atomic E-state index is -0.275. The molecule has 1 aromatic heterocycles. The van der Waals surface area contributed by atoms with Crippen LogP contribution in [0.15, 0.2) is 42.7 Å². The number of esters is 1. The number of carbonyl (C=O) groups excluding carboxylic acids is 3. The van der Waals surface area contributed by atoms with Gasteiger partial charge in [-0.2, -0.15) is 5.10 Å². The molecule has 2 amide bonds. The Morgan fingerprint density at radius 3 is 2.81 bits per heavy atom. The van der Waals surface area contributed by atoms with Gasteiger partial charge in [-0.3, -0.25) is 19.1 Å². The molecular weight excluding hydrogens is 400 g/mol. The van der Waals surface area contributed by atoms with Crippen LogP contribution in [0.2, 0.25) is 0 Å². The number of rotatable bonds is 9. The van der Waals surface area contributed by atoms with Gasteiger partial charge in [0.2, 0.25) is 11.8 Å². The predicted octanol–water partition coefficient (Wildman–Crippen LogP) is 2.09. The van der Waals surface area contributed by atoms with Gasteiger partial charge in [0, 0.05) is 19.3 Å². The van der Waals surface area contributed by atoms with Crippen LogP contribution in [-0.2, 0) is 25.7 Å². The molecule has 0 unspecified atom stereocenters. The molecule has 1 aliphatic heterocycles. The summed E-state index contributed by atoms with van der Waals surface area (Å²) in [5.74, 6) is -0.130. The Bertz CT molecular complexity index is 883. The van der Waals surface area contributed by atoms with Gasteiger partial charge >= 0.3 is 5.97 Å². The first-order valence-corrected chi connectivity index (χ1v) is 10.5. The molecule has 1 aromatic carbocycles. The zero-order valence-corrected chi connectivity index (χ0v) is 17.7. The van der Waals surface area contributed by atoms with E-state index in [0.29, 0.717) is 31.1 Å². The van der Waals surface area contributed by atoms with Crippen molar-refractivity contribution in [1.29, 1.82) is 0 Å². The van der Waals surface area contributed by atoms with Gasteiger partial charge in [0.1, 0.15) is 12.3 Å². The van der Waals surface area contributed by atoms with E-state index >= 15 is 0 Å². The Balaban J connectivity index is 1.43. The number of piperidine rings is 1. The summed E-state index contributed by atoms with van der Waals surface area (Å²) in [4.78, 5) is 38.3. The zero-order valence-electron chi connectivity index (χ0n) is 17.7. The number of benzene rings is 1. The zero-order chi connectivity index (χ0) is 22.1. The molecule has 2 aromatic rings. The van der Waals surface area contributed by atoms with Crippen LogP contribution in [-0.4, -0.2) is 58.8 Å². The Hall–Kier alpha value is -3.36. The molecule has 1 saturated heterocycles. The van der Waals surface area contributed by atoms with Crippen LogP contribution in [0.5, 0.6) is 5.75 Å². The van der Waals surface area contributed by atoms with Crippen molar-refractivity contribution in [2.45, 2.75) is 32.7 Å². The van der Waals surface area contributed by atoms with Crippen molar-refractivity contribution in [1.82, 2.24) is 14.7 Å². The second-order valence-electron chi connectivity index (χ2n) is 7.32. The topological polar surface area (TPSA) is 103 Å². The number of aromatic nitrogens is 2. The molecule has 2 heterocycles. The van der Waals surface area contributed by atoms with Crippen molar-refractivity contribution in [3.63, 3.8) is 0 Å². The van der Waals surface area contributed by atoms with Gasteiger partial charge in [-0.15, -0.1) is 0 Å². The van der Waals surface area contributed by atoms with E-state index in [0.717, 1.165) is 12.8 Å². The number of nitrogens with one attached hydrogen (secondary N) is 1. The highest BCUT2D eigenvalue weighted by Gasteiger charge is 2.29. The smallest absolute Gasteiger partial charge is 0.310 e. The molecule has 166 valence electrons. The van der Waals surface area contributed by atoms with Crippen molar-refractivity contribution in [2.24, 2.45) is 5.92 Å². The molecule has 0 aliphatic carbocycles. The molecule has 1 fully saturated rings. The molecule has 1 N–H and O–H groups in total. The summed E-state index contributed by atoms with van der Waals surface area (Å²) in [5, 5.41) is 6.90. The minimum absolute atomic E-state index is 0.0442. The van der Waals surface area contributed by atoms with Crippen LogP contribution in [0.3, 0.4) is 0 Å². The molecule has 0 radical (unpaired) electrons. The van der Waals surface area contributed by atoms with E-state index in [2.05, 4.69) is 10.4 Å². The molecule has 1 aliphatic rings. The fraction of sp³-hybridized carbons (Fsp3) is 0.455. The number of hydrogen-bond donors (Lipinski definition) is 1. The maximum atomic E-state index is 12.6. The van der Waals surface area contributed by atoms with Gasteiger partial charge in [0.25, 0.3) is 0 Å². The number of hydrogen-bond acceptors (Lipinski definition) is 6. The first-order chi connectivity index (χ1) is 15.0. The summed E-state index contributed by atoms with van der Waals surface area (Å²) in [6, 6.07) is 9.29. The lowest BCUT2D eigenvalue weighted by Gasteiger charge is -2.31. The van der Waals surface area contributed by atoms with Gasteiger partial charge in [0.05, 0.1) is 37.4 Å². The first kappa shape index (κ1) is 22.3. The molecule has 0 bridgehead atoms. The van der Waals surface area contributed by atoms with Gasteiger partial charge in [0.15, 0.2) is 0 Å². The molecule has 1 atom stereocenters. The fourth-order valence-corrected chi connectivity index (χ4v) is 3.41. The number of nitrogens with zero attached hydrogens (tertiary/aromatic N) is 3. The fourth-order valence-electron chi connectivity index (χ4n) is 3.41. The maximum Gasteiger partial charge on any atom is 0.310 e. The third-order valence-electron chi connectivity index (χ3n) is 4.95. The molecule has 0 spiro atoms. The highest BCUT2D eigenvalue weighted by molar-refractivity contribution is 5.90. The Morgan fingerprint density at radius 1 is 1.23 bits per heavy atom. The summed E-state index contributed by atoms with van der Waals surface area (Å²) >= 11 is 0. The molecule has 9 heteroatoms. The normalized spacial score (nSPS) is 15.9. The molecule has 9 nitrogen and oxygen atoms in total. The largest absolute Gasteiger partial charge is 0.493 e. The lowest BCUT2D eigenvalue weighted by molar-refractivity contribution is -0.151. The Labute approximate surface area is 181 Å². The molecule has 3 rings (SSSR count). The lowest BCUT2D eigenvalue weighted by Crippen LogP contribution is -2.44. The highest BCUT2D eigenvalue weighted by Crippen LogP contribution is 2.18. The quantitative estimate of drug-likeness (QED) is 0.614. The second kappa shape index (κ2) is 11.1. The second-order valence-corrected chi connectivity index (χ2v) is 7.32. The number of ether oxygens (including phenoxy) is 2. The van der Waals surface area contributed by atoms with E-state index in [1.165, 1.54) is 10.9 Å². The van der Waals surface area contributed by atoms with Gasteiger partial charge in [-0.1, -0.05) is 18.2 Å². The summed E-state index contributed by atoms with van der Waals surface area (Å²) in [7, 11) is 0. The standard InChI is InChI=1S/C22H28N4O5/c1-2-30-22(29)17-7-6-11-25(14-17)21(28)16-26-15-18(13-23-26)24-20(27)10-12-31-19-8-4-3-5-9-19/h3-5,8-9,13,15,17H,2,6-7,10-12,14,16H2,1H3,(H,24,27)/t17-/m1/s1. The summed E-state index contributed by atoms with van der Waals surface area (Å²) in [6.45, 7) is 3.39. The van der Waals surface area contributed by atoms with E-state index in [9.17, 15) is 14.4 Å². The molecule has 31 heavy (non-hydrogen) atoms. The lowest BCUT2D eigenvalue weighted by atomic mass is 9.98. The van der Waals surface area contributed by atoms with Crippen molar-refractivity contribution in [3.05, 3.63) is 42.7 Å². The SMILES string of the molecule is CCOC(=O)[C@@H]1CCCN(C(=O)Cn2cc(NC(=O)CCOc3ccccc3)cn2)C1. The highest BCUT2D eigenvalue weighted by atomic mass is 16.5. The average Bonchev–Trinajstić information content (AvgIpc) is 3.21. The Kier molecular flexibility index (Phi) is 8.03. The van der Waals surface area contributed by atoms with Crippen LogP contribution >= 0.6 is 0 Å². The van der Waals surface area contributed by atoms with Crippen molar-refractivity contribution in [2.75, 3.05) is 31.6 Å². The molecule has 0 saturated carbocycles. The number of carbonyl (C=O) groups is 3. The monoisotopic (exact) mass is 428 g/mol. The minimum Gasteiger partial charge on any atom is -0.493 e. The maximum absolute atomic E-state index is 12.6. The van der Waals surface area contributed by atoms with Crippen molar-refractivity contribution < 1.29 is 23.9 Å². The van der Waals surface area contributed by atoms with E-state index in [1.807, 2.05) is 30.3 Å². The van der Waals surface area contributed by atoms with E-state index in [-0.39, 0.29) is 43.3 Å². The first-order valence-electron chi connectivity index (χ1n) is 10.5. The summed E-state index contributed by atoms with van der Waals surface area (Å²) in [6.07, 6.45) is 4.80. The summed E-state index contributed by atoms with van der Waals surface area (Å²) in [5.41, 5.74) is 0.514. The summed E-state index contributed by atoms with van der Waals surface area (Å²) < 4.78 is 12.1. The number of likely N-dealkylation sites (tertiary alicyclic amines) is 1. The van der Waals surface area contributed by atoms with Gasteiger partial charge in [-0.05, 0) is 31.9 Å². The van der Waals surface area contributed by atoms with E-state index in [1.54, 1.807) is 18.0 Å². The third-order valence-corrected chi connectivity index (χ3v) is 4.95. The van der Waals surface area contributed by atoms with Crippen molar-refractivity contribution in [3.8, 4) is 5.75 Å². The van der Waals surface area contributed by atoms with Gasteiger partial charge < -0.3 is 19.7 Å².